The highest BCUT2D eigenvalue weighted by Gasteiger charge is 2.25. The van der Waals surface area contributed by atoms with Crippen molar-refractivity contribution in [3.8, 4) is 0 Å². The molecule has 1 unspecified atom stereocenters. The number of hydrogen-bond donors (Lipinski definition) is 4. The number of hydrazine groups is 1. The quantitative estimate of drug-likeness (QED) is 0.214. The molecule has 0 spiro atoms. The van der Waals surface area contributed by atoms with Crippen LogP contribution in [-0.4, -0.2) is 23.0 Å². The van der Waals surface area contributed by atoms with E-state index in [9.17, 15) is 14.7 Å². The molecule has 8 nitrogen and oxygen atoms in total. The average molecular weight is 304 g/mol. The number of rotatable bonds is 5. The van der Waals surface area contributed by atoms with Crippen LogP contribution >= 0.6 is 0 Å². The number of nitrogens with one attached hydrogen (secondary N) is 2. The van der Waals surface area contributed by atoms with E-state index >= 15 is 0 Å². The maximum Gasteiger partial charge on any atom is 0.389 e. The molecule has 0 heterocycles. The molecule has 0 aliphatic heterocycles. The highest BCUT2D eigenvalue weighted by atomic mass is 16.3. The Morgan fingerprint density at radius 2 is 1.82 bits per heavy atom. The molecular weight excluding hydrogens is 286 g/mol. The molecule has 0 saturated carbocycles. The molecule has 0 aromatic heterocycles. The van der Waals surface area contributed by atoms with Gasteiger partial charge in [-0.2, -0.15) is 0 Å². The second-order valence-corrected chi connectivity index (χ2v) is 4.88. The Morgan fingerprint density at radius 1 is 1.27 bits per heavy atom. The van der Waals surface area contributed by atoms with Crippen LogP contribution in [-0.2, 0) is 0 Å². The monoisotopic (exact) mass is 304 g/mol. The summed E-state index contributed by atoms with van der Waals surface area (Å²) in [7, 11) is 0. The summed E-state index contributed by atoms with van der Waals surface area (Å²) in [6.07, 6.45) is 0.837. The number of diazo groups is 1. The van der Waals surface area contributed by atoms with Crippen LogP contribution in [0.3, 0.4) is 0 Å². The number of nitrogens with zero attached hydrogens (tertiary/aromatic N) is 2. The fraction of sp³-hybridized carbons (Fsp3) is 0.286. The Morgan fingerprint density at radius 3 is 2.27 bits per heavy atom. The third-order valence-electron chi connectivity index (χ3n) is 3.01. The molecule has 2 amide bonds. The number of aliphatic hydroxyl groups is 1. The van der Waals surface area contributed by atoms with Crippen molar-refractivity contribution in [3.05, 3.63) is 52.3 Å². The smallest absolute Gasteiger partial charge is 0.389 e. The van der Waals surface area contributed by atoms with Gasteiger partial charge in [-0.1, -0.05) is 26.0 Å². The van der Waals surface area contributed by atoms with Gasteiger partial charge in [-0.05, 0) is 18.1 Å². The lowest BCUT2D eigenvalue weighted by atomic mass is 10.0. The fourth-order valence-electron chi connectivity index (χ4n) is 1.90. The highest BCUT2D eigenvalue weighted by Crippen LogP contribution is 2.14. The molecule has 1 aromatic carbocycles. The highest BCUT2D eigenvalue weighted by molar-refractivity contribution is 6.07. The number of carbonyl (C=O) groups excluding carboxylic acids is 2. The normalized spacial score (nSPS) is 12.4. The number of aliphatic hydroxyl groups excluding tert-OH is 1. The Labute approximate surface area is 127 Å². The van der Waals surface area contributed by atoms with Crippen LogP contribution in [0.2, 0.25) is 0 Å². The van der Waals surface area contributed by atoms with Crippen LogP contribution in [0.5, 0.6) is 0 Å². The molecule has 0 radical (unpaired) electrons. The number of nitrogens with two attached hydrogens (primary N) is 1. The van der Waals surface area contributed by atoms with E-state index in [1.165, 1.54) is 12.1 Å². The predicted octanol–water partition coefficient (Wildman–Crippen LogP) is 1.30. The SMILES string of the molecule is CC(C)C(NC(=O)c1ccccc1C(=O)NN)C(O)=C[N+]#N. The molecule has 0 aliphatic carbocycles. The van der Waals surface area contributed by atoms with E-state index in [-0.39, 0.29) is 22.8 Å². The minimum Gasteiger partial charge on any atom is -0.504 e. The maximum absolute atomic E-state index is 12.3. The van der Waals surface area contributed by atoms with Crippen molar-refractivity contribution < 1.29 is 14.7 Å². The molecule has 22 heavy (non-hydrogen) atoms. The van der Waals surface area contributed by atoms with Gasteiger partial charge >= 0.3 is 6.20 Å². The molecule has 116 valence electrons. The van der Waals surface area contributed by atoms with E-state index in [1.807, 2.05) is 5.43 Å². The minimum atomic E-state index is -0.766. The summed E-state index contributed by atoms with van der Waals surface area (Å²) in [5, 5.41) is 20.9. The molecule has 0 bridgehead atoms. The van der Waals surface area contributed by atoms with E-state index in [2.05, 4.69) is 10.3 Å². The molecule has 0 fully saturated rings. The van der Waals surface area contributed by atoms with Gasteiger partial charge < -0.3 is 10.4 Å². The summed E-state index contributed by atoms with van der Waals surface area (Å²) in [6.45, 7) is 3.54. The number of amides is 2. The Bertz CT molecular complexity index is 634. The van der Waals surface area contributed by atoms with Gasteiger partial charge in [0.1, 0.15) is 0 Å². The summed E-state index contributed by atoms with van der Waals surface area (Å²) in [6, 6.07) is 5.36. The zero-order valence-electron chi connectivity index (χ0n) is 12.3. The molecule has 8 heteroatoms. The maximum atomic E-state index is 12.3. The van der Waals surface area contributed by atoms with Crippen LogP contribution in [0, 0.1) is 11.3 Å². The van der Waals surface area contributed by atoms with Gasteiger partial charge in [-0.25, -0.2) is 5.84 Å². The van der Waals surface area contributed by atoms with E-state index in [0.29, 0.717) is 0 Å². The lowest BCUT2D eigenvalue weighted by Gasteiger charge is -2.20. The van der Waals surface area contributed by atoms with Gasteiger partial charge in [-0.3, -0.25) is 15.0 Å². The third kappa shape index (κ3) is 4.04. The van der Waals surface area contributed by atoms with E-state index in [0.717, 1.165) is 6.20 Å². The van der Waals surface area contributed by atoms with Crippen LogP contribution in [0.25, 0.3) is 4.98 Å². The Hall–Kier alpha value is -2.92. The molecule has 0 aliphatic rings. The van der Waals surface area contributed by atoms with Crippen LogP contribution < -0.4 is 16.6 Å². The zero-order valence-corrected chi connectivity index (χ0v) is 12.3. The summed E-state index contributed by atoms with van der Waals surface area (Å²) in [5.74, 6) is 3.46. The van der Waals surface area contributed by atoms with Crippen molar-refractivity contribution in [2.24, 2.45) is 11.8 Å². The molecular formula is C14H18N5O3+. The first-order chi connectivity index (χ1) is 10.4. The standard InChI is InChI=1S/C14H17N5O3/c1-8(2)12(11(20)7-17-15)18-13(21)9-5-3-4-6-10(9)14(22)19-16/h3-8,12,15-16H,1-2H3,(H2,18,20,21)/p+1. The molecule has 1 atom stereocenters. The number of benzene rings is 1. The number of hydrogen-bond acceptors (Lipinski definition) is 5. The molecule has 1 rings (SSSR count). The van der Waals surface area contributed by atoms with Crippen molar-refractivity contribution in [1.82, 2.24) is 10.7 Å². The second-order valence-electron chi connectivity index (χ2n) is 4.88. The van der Waals surface area contributed by atoms with Crippen molar-refractivity contribution >= 4 is 11.8 Å². The molecule has 1 aromatic rings. The summed E-state index contributed by atoms with van der Waals surface area (Å²) in [4.78, 5) is 26.7. The summed E-state index contributed by atoms with van der Waals surface area (Å²) < 4.78 is 0. The lowest BCUT2D eigenvalue weighted by Crippen LogP contribution is -2.41. The zero-order chi connectivity index (χ0) is 16.7. The van der Waals surface area contributed by atoms with E-state index < -0.39 is 17.9 Å². The first-order valence-electron chi connectivity index (χ1n) is 6.56. The first kappa shape index (κ1) is 17.1. The van der Waals surface area contributed by atoms with Crippen LogP contribution in [0.15, 0.2) is 36.2 Å². The van der Waals surface area contributed by atoms with Crippen molar-refractivity contribution in [3.63, 3.8) is 0 Å². The van der Waals surface area contributed by atoms with Gasteiger partial charge in [0, 0.05) is 0 Å². The number of carbonyl (C=O) groups is 2. The van der Waals surface area contributed by atoms with Gasteiger partial charge in [0.25, 0.3) is 11.8 Å². The van der Waals surface area contributed by atoms with Gasteiger partial charge in [0.15, 0.2) is 4.98 Å². The third-order valence-corrected chi connectivity index (χ3v) is 3.01. The van der Waals surface area contributed by atoms with Crippen molar-refractivity contribution in [1.29, 1.82) is 5.39 Å². The van der Waals surface area contributed by atoms with Gasteiger partial charge in [0.05, 0.1) is 17.2 Å². The lowest BCUT2D eigenvalue weighted by molar-refractivity contribution is 0.0900. The Kier molecular flexibility index (Phi) is 6.04. The second kappa shape index (κ2) is 7.75. The summed E-state index contributed by atoms with van der Waals surface area (Å²) >= 11 is 0. The largest absolute Gasteiger partial charge is 0.504 e. The Balaban J connectivity index is 3.09. The van der Waals surface area contributed by atoms with E-state index in [4.69, 9.17) is 11.2 Å². The minimum absolute atomic E-state index is 0.111. The molecule has 0 saturated heterocycles. The van der Waals surface area contributed by atoms with Gasteiger partial charge in [0.2, 0.25) is 11.2 Å². The van der Waals surface area contributed by atoms with Crippen molar-refractivity contribution in [2.75, 3.05) is 0 Å². The first-order valence-corrected chi connectivity index (χ1v) is 6.56. The fourth-order valence-corrected chi connectivity index (χ4v) is 1.90. The van der Waals surface area contributed by atoms with Crippen molar-refractivity contribution in [2.45, 2.75) is 19.9 Å². The van der Waals surface area contributed by atoms with Crippen LogP contribution in [0.1, 0.15) is 34.6 Å². The number of nitrogen functional groups attached to an aromatic ring is 1. The molecule has 5 N–H and O–H groups in total. The van der Waals surface area contributed by atoms with Gasteiger partial charge in [-0.15, -0.1) is 0 Å². The average Bonchev–Trinajstić information content (AvgIpc) is 2.51. The van der Waals surface area contributed by atoms with Crippen LogP contribution in [0.4, 0.5) is 0 Å². The predicted molar refractivity (Wildman–Crippen MR) is 80.0 cm³/mol. The topological polar surface area (TPSA) is 133 Å². The summed E-state index contributed by atoms with van der Waals surface area (Å²) in [5.41, 5.74) is 2.19. The van der Waals surface area contributed by atoms with E-state index in [1.54, 1.807) is 26.0 Å².